The third kappa shape index (κ3) is 4.59. The standard InChI is InChI=1S/C26H18ClNO3S/c27-18-6-8-19(9-7-18)30-16-21-11-10-20(31-21)12-13-24(29)17-5-14-26-23(15-17)28-22-3-1-2-4-25(22)32-26/h1-15,28H,16H2/b13-12+. The van der Waals surface area contributed by atoms with Crippen LogP contribution < -0.4 is 10.1 Å². The minimum atomic E-state index is -0.0891. The van der Waals surface area contributed by atoms with Gasteiger partial charge >= 0.3 is 0 Å². The molecule has 1 N–H and O–H groups in total. The van der Waals surface area contributed by atoms with Crippen LogP contribution in [0.3, 0.4) is 0 Å². The Balaban J connectivity index is 1.23. The molecule has 1 aromatic heterocycles. The number of hydrogen-bond acceptors (Lipinski definition) is 5. The molecule has 1 aliphatic rings. The third-order valence-corrected chi connectivity index (χ3v) is 6.32. The van der Waals surface area contributed by atoms with Gasteiger partial charge in [0.25, 0.3) is 0 Å². The van der Waals surface area contributed by atoms with E-state index in [9.17, 15) is 4.79 Å². The normalized spacial score (nSPS) is 12.2. The van der Waals surface area contributed by atoms with E-state index in [4.69, 9.17) is 20.8 Å². The van der Waals surface area contributed by atoms with Crippen molar-refractivity contribution in [1.29, 1.82) is 0 Å². The largest absolute Gasteiger partial charge is 0.486 e. The topological polar surface area (TPSA) is 51.5 Å². The fraction of sp³-hybridized carbons (Fsp3) is 0.0385. The predicted molar refractivity (Wildman–Crippen MR) is 128 cm³/mol. The monoisotopic (exact) mass is 459 g/mol. The quantitative estimate of drug-likeness (QED) is 0.209. The number of carbonyl (C=O) groups excluding carboxylic acids is 1. The van der Waals surface area contributed by atoms with Crippen LogP contribution in [0.1, 0.15) is 21.9 Å². The number of halogens is 1. The number of ketones is 1. The molecule has 0 aliphatic carbocycles. The van der Waals surface area contributed by atoms with Crippen LogP contribution in [0, 0.1) is 0 Å². The number of benzene rings is 3. The van der Waals surface area contributed by atoms with Crippen molar-refractivity contribution < 1.29 is 13.9 Å². The zero-order chi connectivity index (χ0) is 21.9. The van der Waals surface area contributed by atoms with E-state index in [2.05, 4.69) is 11.4 Å². The van der Waals surface area contributed by atoms with Gasteiger partial charge in [0, 0.05) is 20.4 Å². The summed E-state index contributed by atoms with van der Waals surface area (Å²) in [6.07, 6.45) is 3.19. The van der Waals surface area contributed by atoms with Gasteiger partial charge in [-0.25, -0.2) is 0 Å². The number of allylic oxidation sites excluding steroid dienone is 1. The number of rotatable bonds is 6. The van der Waals surface area contributed by atoms with Crippen LogP contribution in [0.25, 0.3) is 6.08 Å². The second-order valence-corrected chi connectivity index (χ2v) is 8.70. The number of fused-ring (bicyclic) bond motifs is 2. The van der Waals surface area contributed by atoms with E-state index >= 15 is 0 Å². The molecule has 4 aromatic rings. The van der Waals surface area contributed by atoms with Crippen molar-refractivity contribution >= 4 is 46.6 Å². The van der Waals surface area contributed by atoms with E-state index in [0.29, 0.717) is 34.5 Å². The SMILES string of the molecule is O=C(/C=C/c1ccc(COc2ccc(Cl)cc2)o1)c1ccc2c(c1)Nc1ccccc1S2. The number of furan rings is 1. The molecular weight excluding hydrogens is 442 g/mol. The summed E-state index contributed by atoms with van der Waals surface area (Å²) in [6, 6.07) is 24.6. The lowest BCUT2D eigenvalue weighted by atomic mass is 10.1. The maximum atomic E-state index is 12.7. The highest BCUT2D eigenvalue weighted by molar-refractivity contribution is 7.99. The van der Waals surface area contributed by atoms with Crippen LogP contribution in [0.4, 0.5) is 11.4 Å². The van der Waals surface area contributed by atoms with E-state index in [1.807, 2.05) is 48.5 Å². The Bertz CT molecular complexity index is 1310. The van der Waals surface area contributed by atoms with E-state index in [1.165, 1.54) is 11.0 Å². The zero-order valence-electron chi connectivity index (χ0n) is 16.9. The molecule has 0 bridgehead atoms. The first-order valence-corrected chi connectivity index (χ1v) is 11.2. The van der Waals surface area contributed by atoms with E-state index < -0.39 is 0 Å². The average molecular weight is 460 g/mol. The first-order chi connectivity index (χ1) is 15.6. The Morgan fingerprint density at radius 3 is 2.66 bits per heavy atom. The molecule has 0 spiro atoms. The van der Waals surface area contributed by atoms with Gasteiger partial charge in [0.15, 0.2) is 5.78 Å². The highest BCUT2D eigenvalue weighted by Crippen LogP contribution is 2.44. The number of hydrogen-bond donors (Lipinski definition) is 1. The van der Waals surface area contributed by atoms with Crippen molar-refractivity contribution in [3.63, 3.8) is 0 Å². The second-order valence-electron chi connectivity index (χ2n) is 7.18. The van der Waals surface area contributed by atoms with Crippen molar-refractivity contribution in [2.75, 3.05) is 5.32 Å². The average Bonchev–Trinajstić information content (AvgIpc) is 3.28. The molecule has 3 aromatic carbocycles. The predicted octanol–water partition coefficient (Wildman–Crippen LogP) is 7.62. The van der Waals surface area contributed by atoms with Gasteiger partial charge in [-0.1, -0.05) is 35.5 Å². The van der Waals surface area contributed by atoms with E-state index in [-0.39, 0.29) is 5.78 Å². The maximum absolute atomic E-state index is 12.7. The first kappa shape index (κ1) is 20.5. The van der Waals surface area contributed by atoms with Gasteiger partial charge in [-0.3, -0.25) is 4.79 Å². The van der Waals surface area contributed by atoms with Crippen molar-refractivity contribution in [3.05, 3.63) is 107 Å². The molecule has 5 rings (SSSR count). The van der Waals surface area contributed by atoms with Gasteiger partial charge in [-0.2, -0.15) is 0 Å². The number of para-hydroxylation sites is 1. The number of nitrogens with one attached hydrogen (secondary N) is 1. The summed E-state index contributed by atoms with van der Waals surface area (Å²) in [5, 5.41) is 4.06. The van der Waals surface area contributed by atoms with Crippen molar-refractivity contribution in [2.24, 2.45) is 0 Å². The molecule has 6 heteroatoms. The molecule has 32 heavy (non-hydrogen) atoms. The fourth-order valence-electron chi connectivity index (χ4n) is 3.29. The van der Waals surface area contributed by atoms with Gasteiger partial charge in [0.1, 0.15) is 23.9 Å². The lowest BCUT2D eigenvalue weighted by Crippen LogP contribution is -2.02. The second kappa shape index (κ2) is 8.99. The van der Waals surface area contributed by atoms with Crippen molar-refractivity contribution in [3.8, 4) is 5.75 Å². The molecule has 4 nitrogen and oxygen atoms in total. The summed E-state index contributed by atoms with van der Waals surface area (Å²) >= 11 is 7.57. The smallest absolute Gasteiger partial charge is 0.186 e. The van der Waals surface area contributed by atoms with E-state index in [1.54, 1.807) is 42.1 Å². The van der Waals surface area contributed by atoms with Crippen LogP contribution in [0.5, 0.6) is 5.75 Å². The Morgan fingerprint density at radius 1 is 0.969 bits per heavy atom. The molecule has 0 saturated carbocycles. The van der Waals surface area contributed by atoms with Crippen LogP contribution in [-0.4, -0.2) is 5.78 Å². The van der Waals surface area contributed by atoms with Crippen LogP contribution >= 0.6 is 23.4 Å². The third-order valence-electron chi connectivity index (χ3n) is 4.92. The molecule has 0 radical (unpaired) electrons. The number of carbonyl (C=O) groups is 1. The Hall–Kier alpha value is -3.41. The molecule has 0 fully saturated rings. The highest BCUT2D eigenvalue weighted by atomic mass is 35.5. The molecule has 2 heterocycles. The zero-order valence-corrected chi connectivity index (χ0v) is 18.5. The first-order valence-electron chi connectivity index (χ1n) is 10.0. The Kier molecular flexibility index (Phi) is 5.75. The van der Waals surface area contributed by atoms with Crippen molar-refractivity contribution in [2.45, 2.75) is 16.4 Å². The minimum Gasteiger partial charge on any atom is -0.486 e. The summed E-state index contributed by atoms with van der Waals surface area (Å²) in [5.41, 5.74) is 2.60. The Labute approximate surface area is 194 Å². The van der Waals surface area contributed by atoms with Gasteiger partial charge < -0.3 is 14.5 Å². The molecule has 1 aliphatic heterocycles. The van der Waals surface area contributed by atoms with Gasteiger partial charge in [0.05, 0.1) is 11.4 Å². The summed E-state index contributed by atoms with van der Waals surface area (Å²) in [6.45, 7) is 0.291. The van der Waals surface area contributed by atoms with Gasteiger partial charge in [0.2, 0.25) is 0 Å². The molecule has 0 atom stereocenters. The maximum Gasteiger partial charge on any atom is 0.186 e. The van der Waals surface area contributed by atoms with Crippen LogP contribution in [-0.2, 0) is 6.61 Å². The summed E-state index contributed by atoms with van der Waals surface area (Å²) < 4.78 is 11.4. The fourth-order valence-corrected chi connectivity index (χ4v) is 4.39. The molecule has 0 unspecified atom stereocenters. The number of anilines is 2. The summed E-state index contributed by atoms with van der Waals surface area (Å²) in [7, 11) is 0. The summed E-state index contributed by atoms with van der Waals surface area (Å²) in [5.74, 6) is 1.88. The molecule has 158 valence electrons. The minimum absolute atomic E-state index is 0.0891. The molecule has 0 amide bonds. The Morgan fingerprint density at radius 2 is 1.78 bits per heavy atom. The van der Waals surface area contributed by atoms with Gasteiger partial charge in [-0.05, 0) is 78.9 Å². The lowest BCUT2D eigenvalue weighted by molar-refractivity contribution is 0.104. The summed E-state index contributed by atoms with van der Waals surface area (Å²) in [4.78, 5) is 15.0. The molecular formula is C26H18ClNO3S. The van der Waals surface area contributed by atoms with Crippen LogP contribution in [0.2, 0.25) is 5.02 Å². The van der Waals surface area contributed by atoms with Gasteiger partial charge in [-0.15, -0.1) is 0 Å². The van der Waals surface area contributed by atoms with Crippen LogP contribution in [0.15, 0.2) is 99.1 Å². The molecule has 0 saturated heterocycles. The van der Waals surface area contributed by atoms with Crippen molar-refractivity contribution in [1.82, 2.24) is 0 Å². The highest BCUT2D eigenvalue weighted by Gasteiger charge is 2.16. The lowest BCUT2D eigenvalue weighted by Gasteiger charge is -2.20. The number of ether oxygens (including phenoxy) is 1. The van der Waals surface area contributed by atoms with E-state index in [0.717, 1.165) is 16.3 Å².